The highest BCUT2D eigenvalue weighted by Gasteiger charge is 2.32. The Bertz CT molecular complexity index is 851. The van der Waals surface area contributed by atoms with Gasteiger partial charge in [-0.3, -0.25) is 14.9 Å². The maximum Gasteiger partial charge on any atom is 0.318 e. The minimum absolute atomic E-state index is 0.207. The topological polar surface area (TPSA) is 118 Å². The first-order valence-corrected chi connectivity index (χ1v) is 8.25. The number of rotatable bonds is 7. The van der Waals surface area contributed by atoms with Gasteiger partial charge in [0.1, 0.15) is 6.54 Å². The summed E-state index contributed by atoms with van der Waals surface area (Å²) in [7, 11) is -4.36. The van der Waals surface area contributed by atoms with Crippen molar-refractivity contribution in [3.63, 3.8) is 0 Å². The Kier molecular flexibility index (Phi) is 5.27. The third-order valence-corrected chi connectivity index (χ3v) is 5.03. The molecule has 2 rings (SSSR count). The number of aliphatic carboxylic acids is 1. The molecule has 0 bridgehead atoms. The SMILES string of the molecule is O=C(O)CN(Cc1ccccc1)S(=O)(=O)c1ccccc1[N+](=O)[O-]. The standard InChI is InChI=1S/C15H14N2O6S/c18-15(19)11-16(10-12-6-2-1-3-7-12)24(22,23)14-9-5-4-8-13(14)17(20)21/h1-9H,10-11H2,(H,18,19). The van der Waals surface area contributed by atoms with Gasteiger partial charge in [0.25, 0.3) is 15.7 Å². The molecule has 0 aromatic heterocycles. The van der Waals surface area contributed by atoms with Gasteiger partial charge in [-0.15, -0.1) is 0 Å². The highest BCUT2D eigenvalue weighted by Crippen LogP contribution is 2.27. The van der Waals surface area contributed by atoms with E-state index in [1.807, 2.05) is 0 Å². The highest BCUT2D eigenvalue weighted by molar-refractivity contribution is 7.89. The second-order valence-electron chi connectivity index (χ2n) is 4.88. The van der Waals surface area contributed by atoms with Gasteiger partial charge in [-0.1, -0.05) is 42.5 Å². The quantitative estimate of drug-likeness (QED) is 0.601. The van der Waals surface area contributed by atoms with E-state index in [1.54, 1.807) is 30.3 Å². The van der Waals surface area contributed by atoms with Gasteiger partial charge in [-0.2, -0.15) is 4.31 Å². The van der Waals surface area contributed by atoms with Gasteiger partial charge in [0, 0.05) is 12.6 Å². The Hall–Kier alpha value is -2.78. The predicted octanol–water partition coefficient (Wildman–Crippen LogP) is 1.87. The molecule has 8 nitrogen and oxygen atoms in total. The highest BCUT2D eigenvalue weighted by atomic mass is 32.2. The fraction of sp³-hybridized carbons (Fsp3) is 0.133. The van der Waals surface area contributed by atoms with Crippen LogP contribution in [0.2, 0.25) is 0 Å². The van der Waals surface area contributed by atoms with Crippen LogP contribution in [0.5, 0.6) is 0 Å². The van der Waals surface area contributed by atoms with Gasteiger partial charge in [0.2, 0.25) is 0 Å². The molecule has 0 aliphatic carbocycles. The van der Waals surface area contributed by atoms with Crippen molar-refractivity contribution in [2.24, 2.45) is 0 Å². The predicted molar refractivity (Wildman–Crippen MR) is 84.8 cm³/mol. The maximum absolute atomic E-state index is 12.8. The summed E-state index contributed by atoms with van der Waals surface area (Å²) in [6, 6.07) is 13.2. The number of nitro groups is 1. The fourth-order valence-electron chi connectivity index (χ4n) is 2.13. The van der Waals surface area contributed by atoms with Gasteiger partial charge < -0.3 is 5.11 Å². The Morgan fingerprint density at radius 2 is 1.67 bits per heavy atom. The van der Waals surface area contributed by atoms with Crippen molar-refractivity contribution in [2.75, 3.05) is 6.54 Å². The number of sulfonamides is 1. The van der Waals surface area contributed by atoms with Crippen molar-refractivity contribution < 1.29 is 23.2 Å². The number of carboxylic acids is 1. The summed E-state index contributed by atoms with van der Waals surface area (Å²) in [5.74, 6) is -1.35. The number of para-hydroxylation sites is 1. The molecule has 0 unspecified atom stereocenters. The first kappa shape index (κ1) is 17.6. The first-order valence-electron chi connectivity index (χ1n) is 6.81. The van der Waals surface area contributed by atoms with E-state index < -0.39 is 38.0 Å². The molecule has 1 N–H and O–H groups in total. The van der Waals surface area contributed by atoms with Crippen LogP contribution in [0.25, 0.3) is 0 Å². The summed E-state index contributed by atoms with van der Waals surface area (Å²) in [6.45, 7) is -1.01. The van der Waals surface area contributed by atoms with E-state index >= 15 is 0 Å². The number of nitrogens with zero attached hydrogens (tertiary/aromatic N) is 2. The molecule has 0 radical (unpaired) electrons. The Morgan fingerprint density at radius 3 is 2.25 bits per heavy atom. The molecule has 0 fully saturated rings. The minimum Gasteiger partial charge on any atom is -0.480 e. The number of benzene rings is 2. The summed E-state index contributed by atoms with van der Waals surface area (Å²) in [4.78, 5) is 20.8. The molecule has 0 saturated heterocycles. The van der Waals surface area contributed by atoms with Crippen LogP contribution < -0.4 is 0 Å². The molecule has 126 valence electrons. The molecule has 0 aliphatic heterocycles. The maximum atomic E-state index is 12.8. The van der Waals surface area contributed by atoms with Crippen molar-refractivity contribution in [2.45, 2.75) is 11.4 Å². The van der Waals surface area contributed by atoms with Crippen molar-refractivity contribution >= 4 is 21.7 Å². The Labute approximate surface area is 138 Å². The molecule has 0 saturated carbocycles. The van der Waals surface area contributed by atoms with Crippen LogP contribution in [-0.2, 0) is 21.4 Å². The van der Waals surface area contributed by atoms with Crippen LogP contribution in [0.4, 0.5) is 5.69 Å². The molecule has 0 heterocycles. The van der Waals surface area contributed by atoms with E-state index in [0.717, 1.165) is 12.1 Å². The van der Waals surface area contributed by atoms with E-state index in [0.29, 0.717) is 9.87 Å². The monoisotopic (exact) mass is 350 g/mol. The second kappa shape index (κ2) is 7.20. The summed E-state index contributed by atoms with van der Waals surface area (Å²) in [6.07, 6.45) is 0. The number of hydrogen-bond donors (Lipinski definition) is 1. The van der Waals surface area contributed by atoms with Crippen LogP contribution in [0.15, 0.2) is 59.5 Å². The lowest BCUT2D eigenvalue weighted by Crippen LogP contribution is -2.35. The third-order valence-electron chi connectivity index (χ3n) is 3.19. The zero-order valence-electron chi connectivity index (χ0n) is 12.4. The fourth-order valence-corrected chi connectivity index (χ4v) is 3.66. The summed E-state index contributed by atoms with van der Waals surface area (Å²) in [5, 5.41) is 20.1. The lowest BCUT2D eigenvalue weighted by Gasteiger charge is -2.20. The van der Waals surface area contributed by atoms with E-state index in [4.69, 9.17) is 5.11 Å². The van der Waals surface area contributed by atoms with E-state index in [2.05, 4.69) is 0 Å². The van der Waals surface area contributed by atoms with Gasteiger partial charge >= 0.3 is 5.97 Å². The lowest BCUT2D eigenvalue weighted by atomic mass is 10.2. The second-order valence-corrected chi connectivity index (χ2v) is 6.78. The van der Waals surface area contributed by atoms with Crippen molar-refractivity contribution in [1.82, 2.24) is 4.31 Å². The average Bonchev–Trinajstić information content (AvgIpc) is 2.54. The van der Waals surface area contributed by atoms with Gasteiger partial charge in [-0.25, -0.2) is 8.42 Å². The lowest BCUT2D eigenvalue weighted by molar-refractivity contribution is -0.387. The zero-order valence-corrected chi connectivity index (χ0v) is 13.2. The van der Waals surface area contributed by atoms with Crippen molar-refractivity contribution in [3.8, 4) is 0 Å². The summed E-state index contributed by atoms with van der Waals surface area (Å²) in [5.41, 5.74) is -0.0261. The smallest absolute Gasteiger partial charge is 0.318 e. The third kappa shape index (κ3) is 3.94. The number of carboxylic acid groups (broad SMARTS) is 1. The molecule has 9 heteroatoms. The normalized spacial score (nSPS) is 11.4. The molecule has 0 spiro atoms. The molecule has 0 aliphatic rings. The summed E-state index contributed by atoms with van der Waals surface area (Å²) >= 11 is 0. The molecule has 24 heavy (non-hydrogen) atoms. The molecular weight excluding hydrogens is 336 g/mol. The van der Waals surface area contributed by atoms with Crippen LogP contribution in [0.3, 0.4) is 0 Å². The van der Waals surface area contributed by atoms with Crippen molar-refractivity contribution in [1.29, 1.82) is 0 Å². The number of nitro benzene ring substituents is 1. The minimum atomic E-state index is -4.36. The Balaban J connectivity index is 2.48. The van der Waals surface area contributed by atoms with Crippen LogP contribution in [-0.4, -0.2) is 35.3 Å². The van der Waals surface area contributed by atoms with Gasteiger partial charge in [0.15, 0.2) is 4.90 Å². The summed E-state index contributed by atoms with van der Waals surface area (Å²) < 4.78 is 26.2. The van der Waals surface area contributed by atoms with Gasteiger partial charge in [0.05, 0.1) is 4.92 Å². The molecule has 0 amide bonds. The van der Waals surface area contributed by atoms with Crippen LogP contribution >= 0.6 is 0 Å². The average molecular weight is 350 g/mol. The van der Waals surface area contributed by atoms with Crippen molar-refractivity contribution in [3.05, 3.63) is 70.3 Å². The van der Waals surface area contributed by atoms with E-state index in [9.17, 15) is 23.3 Å². The molecular formula is C15H14N2O6S. The molecule has 0 atom stereocenters. The van der Waals surface area contributed by atoms with Gasteiger partial charge in [-0.05, 0) is 11.6 Å². The zero-order chi connectivity index (χ0) is 17.7. The first-order chi connectivity index (χ1) is 11.3. The number of carbonyl (C=O) groups is 1. The number of hydrogen-bond acceptors (Lipinski definition) is 5. The van der Waals surface area contributed by atoms with E-state index in [-0.39, 0.29) is 6.54 Å². The largest absolute Gasteiger partial charge is 0.480 e. The van der Waals surface area contributed by atoms with E-state index in [1.165, 1.54) is 12.1 Å². The van der Waals surface area contributed by atoms with Crippen LogP contribution in [0.1, 0.15) is 5.56 Å². The van der Waals surface area contributed by atoms with Crippen LogP contribution in [0, 0.1) is 10.1 Å². The molecule has 2 aromatic rings. The Morgan fingerprint density at radius 1 is 1.08 bits per heavy atom. The molecule has 2 aromatic carbocycles.